The molecule has 1 aliphatic carbocycles. The fourth-order valence-corrected chi connectivity index (χ4v) is 4.10. The SMILES string of the molecule is Cc1ccnc(NC(=O)CN(C)C(=O)c2cc(S(=O)(=O)NC3CC3)ccc2C)c1. The Morgan fingerprint density at radius 2 is 1.90 bits per heavy atom. The molecular formula is C20H24N4O4S. The topological polar surface area (TPSA) is 108 Å². The number of sulfonamides is 1. The number of benzene rings is 1. The number of rotatable bonds is 7. The van der Waals surface area contributed by atoms with Crippen molar-refractivity contribution in [3.05, 3.63) is 53.2 Å². The number of anilines is 1. The van der Waals surface area contributed by atoms with Gasteiger partial charge in [-0.2, -0.15) is 0 Å². The van der Waals surface area contributed by atoms with Crippen LogP contribution < -0.4 is 10.0 Å². The van der Waals surface area contributed by atoms with Crippen molar-refractivity contribution >= 4 is 27.7 Å². The van der Waals surface area contributed by atoms with Crippen molar-refractivity contribution in [2.75, 3.05) is 18.9 Å². The quantitative estimate of drug-likeness (QED) is 0.716. The molecule has 0 spiro atoms. The monoisotopic (exact) mass is 416 g/mol. The fraction of sp³-hybridized carbons (Fsp3) is 0.350. The third-order valence-electron chi connectivity index (χ3n) is 4.56. The van der Waals surface area contributed by atoms with Gasteiger partial charge in [-0.3, -0.25) is 9.59 Å². The number of pyridine rings is 1. The molecule has 0 atom stereocenters. The summed E-state index contributed by atoms with van der Waals surface area (Å²) in [6.45, 7) is 3.42. The van der Waals surface area contributed by atoms with E-state index in [2.05, 4.69) is 15.0 Å². The largest absolute Gasteiger partial charge is 0.332 e. The Morgan fingerprint density at radius 1 is 1.17 bits per heavy atom. The van der Waals surface area contributed by atoms with Gasteiger partial charge in [0.15, 0.2) is 0 Å². The number of aromatic nitrogens is 1. The van der Waals surface area contributed by atoms with Crippen LogP contribution in [0.15, 0.2) is 41.4 Å². The lowest BCUT2D eigenvalue weighted by Gasteiger charge is -2.18. The van der Waals surface area contributed by atoms with E-state index in [9.17, 15) is 18.0 Å². The predicted molar refractivity (Wildman–Crippen MR) is 109 cm³/mol. The zero-order valence-electron chi connectivity index (χ0n) is 16.6. The van der Waals surface area contributed by atoms with Gasteiger partial charge in [-0.1, -0.05) is 6.07 Å². The minimum atomic E-state index is -3.67. The van der Waals surface area contributed by atoms with Crippen LogP contribution in [-0.2, 0) is 14.8 Å². The normalized spacial score (nSPS) is 13.8. The first-order valence-corrected chi connectivity index (χ1v) is 10.7. The maximum Gasteiger partial charge on any atom is 0.254 e. The highest BCUT2D eigenvalue weighted by Crippen LogP contribution is 2.23. The number of carbonyl (C=O) groups excluding carboxylic acids is 2. The Bertz CT molecular complexity index is 1050. The summed E-state index contributed by atoms with van der Waals surface area (Å²) in [5.74, 6) is -0.416. The van der Waals surface area contributed by atoms with Crippen LogP contribution >= 0.6 is 0 Å². The van der Waals surface area contributed by atoms with Gasteiger partial charge in [0.25, 0.3) is 5.91 Å². The van der Waals surface area contributed by atoms with E-state index in [0.29, 0.717) is 11.4 Å². The van der Waals surface area contributed by atoms with E-state index < -0.39 is 21.8 Å². The molecule has 8 nitrogen and oxygen atoms in total. The Morgan fingerprint density at radius 3 is 2.55 bits per heavy atom. The summed E-state index contributed by atoms with van der Waals surface area (Å²) in [5, 5.41) is 2.65. The summed E-state index contributed by atoms with van der Waals surface area (Å²) >= 11 is 0. The average Bonchev–Trinajstić information content (AvgIpc) is 3.44. The molecule has 1 heterocycles. The molecule has 0 unspecified atom stereocenters. The number of nitrogens with zero attached hydrogens (tertiary/aromatic N) is 2. The van der Waals surface area contributed by atoms with E-state index in [-0.39, 0.29) is 23.0 Å². The number of carbonyl (C=O) groups is 2. The number of amides is 2. The molecule has 0 bridgehead atoms. The predicted octanol–water partition coefficient (Wildman–Crippen LogP) is 1.85. The van der Waals surface area contributed by atoms with E-state index in [1.165, 1.54) is 24.1 Å². The van der Waals surface area contributed by atoms with Crippen LogP contribution in [0.25, 0.3) is 0 Å². The van der Waals surface area contributed by atoms with Gasteiger partial charge in [0.05, 0.1) is 11.4 Å². The smallest absolute Gasteiger partial charge is 0.254 e. The number of aryl methyl sites for hydroxylation is 2. The first-order chi connectivity index (χ1) is 13.7. The molecule has 1 fully saturated rings. The van der Waals surface area contributed by atoms with Crippen molar-refractivity contribution in [1.29, 1.82) is 0 Å². The van der Waals surface area contributed by atoms with Crippen LogP contribution in [0.1, 0.15) is 34.3 Å². The average molecular weight is 417 g/mol. The van der Waals surface area contributed by atoms with Gasteiger partial charge in [-0.25, -0.2) is 18.1 Å². The second-order valence-corrected chi connectivity index (χ2v) is 9.01. The van der Waals surface area contributed by atoms with Crippen LogP contribution in [0.3, 0.4) is 0 Å². The van der Waals surface area contributed by atoms with Crippen molar-refractivity contribution in [1.82, 2.24) is 14.6 Å². The van der Waals surface area contributed by atoms with Gasteiger partial charge in [-0.05, 0) is 62.1 Å². The number of hydrogen-bond acceptors (Lipinski definition) is 5. The van der Waals surface area contributed by atoms with E-state index in [1.54, 1.807) is 25.3 Å². The fourth-order valence-electron chi connectivity index (χ4n) is 2.77. The van der Waals surface area contributed by atoms with Gasteiger partial charge in [0.2, 0.25) is 15.9 Å². The number of likely N-dealkylation sites (N-methyl/N-ethyl adjacent to an activating group) is 1. The first-order valence-electron chi connectivity index (χ1n) is 9.26. The lowest BCUT2D eigenvalue weighted by atomic mass is 10.1. The Labute approximate surface area is 170 Å². The molecule has 0 saturated heterocycles. The maximum atomic E-state index is 12.8. The van der Waals surface area contributed by atoms with Gasteiger partial charge in [0, 0.05) is 24.8 Å². The highest BCUT2D eigenvalue weighted by molar-refractivity contribution is 7.89. The van der Waals surface area contributed by atoms with Crippen molar-refractivity contribution in [3.8, 4) is 0 Å². The Kier molecular flexibility index (Phi) is 5.99. The standard InChI is InChI=1S/C20H24N4O4S/c1-13-8-9-21-18(10-13)22-19(25)12-24(3)20(26)17-11-16(7-4-14(17)2)29(27,28)23-15-5-6-15/h4,7-11,15,23H,5-6,12H2,1-3H3,(H,21,22,25). The zero-order valence-corrected chi connectivity index (χ0v) is 17.4. The molecule has 0 aliphatic heterocycles. The second-order valence-electron chi connectivity index (χ2n) is 7.30. The molecule has 154 valence electrons. The molecule has 29 heavy (non-hydrogen) atoms. The molecule has 9 heteroatoms. The third kappa shape index (κ3) is 5.39. The zero-order chi connectivity index (χ0) is 21.2. The van der Waals surface area contributed by atoms with Crippen molar-refractivity contribution in [2.45, 2.75) is 37.6 Å². The molecule has 1 saturated carbocycles. The third-order valence-corrected chi connectivity index (χ3v) is 6.08. The summed E-state index contributed by atoms with van der Waals surface area (Å²) in [4.78, 5) is 30.4. The number of hydrogen-bond donors (Lipinski definition) is 2. The van der Waals surface area contributed by atoms with Gasteiger partial charge in [-0.15, -0.1) is 0 Å². The van der Waals surface area contributed by atoms with Gasteiger partial charge < -0.3 is 10.2 Å². The molecule has 3 rings (SSSR count). The molecule has 0 radical (unpaired) electrons. The molecule has 1 aliphatic rings. The van der Waals surface area contributed by atoms with E-state index in [1.807, 2.05) is 13.0 Å². The van der Waals surface area contributed by atoms with Gasteiger partial charge >= 0.3 is 0 Å². The van der Waals surface area contributed by atoms with Crippen LogP contribution in [-0.4, -0.2) is 49.8 Å². The first kappa shape index (κ1) is 20.9. The highest BCUT2D eigenvalue weighted by atomic mass is 32.2. The van der Waals surface area contributed by atoms with Crippen LogP contribution in [0.5, 0.6) is 0 Å². The van der Waals surface area contributed by atoms with Crippen molar-refractivity contribution < 1.29 is 18.0 Å². The summed E-state index contributed by atoms with van der Waals surface area (Å²) in [6, 6.07) is 7.95. The second kappa shape index (κ2) is 8.30. The van der Waals surface area contributed by atoms with Gasteiger partial charge in [0.1, 0.15) is 5.82 Å². The summed E-state index contributed by atoms with van der Waals surface area (Å²) < 4.78 is 27.5. The van der Waals surface area contributed by atoms with Crippen LogP contribution in [0.2, 0.25) is 0 Å². The minimum Gasteiger partial charge on any atom is -0.332 e. The summed E-state index contributed by atoms with van der Waals surface area (Å²) in [5.41, 5.74) is 1.83. The summed E-state index contributed by atoms with van der Waals surface area (Å²) in [6.07, 6.45) is 3.24. The lowest BCUT2D eigenvalue weighted by Crippen LogP contribution is -2.35. The molecule has 1 aromatic carbocycles. The summed E-state index contributed by atoms with van der Waals surface area (Å²) in [7, 11) is -2.18. The maximum absolute atomic E-state index is 12.8. The van der Waals surface area contributed by atoms with Crippen LogP contribution in [0.4, 0.5) is 5.82 Å². The van der Waals surface area contributed by atoms with E-state index >= 15 is 0 Å². The molecule has 1 aromatic heterocycles. The molecule has 2 N–H and O–H groups in total. The lowest BCUT2D eigenvalue weighted by molar-refractivity contribution is -0.116. The van der Waals surface area contributed by atoms with E-state index in [4.69, 9.17) is 0 Å². The van der Waals surface area contributed by atoms with Crippen LogP contribution in [0, 0.1) is 13.8 Å². The highest BCUT2D eigenvalue weighted by Gasteiger charge is 2.29. The molecule has 2 amide bonds. The molecule has 2 aromatic rings. The minimum absolute atomic E-state index is 0.0259. The van der Waals surface area contributed by atoms with Crippen molar-refractivity contribution in [2.24, 2.45) is 0 Å². The van der Waals surface area contributed by atoms with E-state index in [0.717, 1.165) is 18.4 Å². The number of nitrogens with one attached hydrogen (secondary N) is 2. The van der Waals surface area contributed by atoms with Crippen molar-refractivity contribution in [3.63, 3.8) is 0 Å². The Hall–Kier alpha value is -2.78. The Balaban J connectivity index is 1.71. The molecular weight excluding hydrogens is 392 g/mol.